The van der Waals surface area contributed by atoms with Crippen LogP contribution in [-0.4, -0.2) is 44.3 Å². The molecule has 2 heterocycles. The first-order valence-electron chi connectivity index (χ1n) is 6.56. The molecule has 0 spiro atoms. The van der Waals surface area contributed by atoms with E-state index in [1.165, 1.54) is 14.1 Å². The number of carbonyl (C=O) groups is 1. The van der Waals surface area contributed by atoms with Gasteiger partial charge >= 0.3 is 5.69 Å². The topological polar surface area (TPSA) is 89.2 Å². The fourth-order valence-electron chi connectivity index (χ4n) is 2.32. The summed E-state index contributed by atoms with van der Waals surface area (Å²) >= 11 is 0. The monoisotopic (exact) mass is 281 g/mol. The predicted molar refractivity (Wildman–Crippen MR) is 73.6 cm³/mol. The van der Waals surface area contributed by atoms with Gasteiger partial charge in [-0.3, -0.25) is 14.2 Å². The minimum absolute atomic E-state index is 0.0691. The number of piperidine rings is 1. The second-order valence-corrected chi connectivity index (χ2v) is 5.04. The Kier molecular flexibility index (Phi) is 3.91. The van der Waals surface area contributed by atoms with E-state index in [0.29, 0.717) is 13.1 Å². The Labute approximate surface area is 116 Å². The molecule has 0 radical (unpaired) electrons. The van der Waals surface area contributed by atoms with Crippen LogP contribution in [0.4, 0.5) is 5.82 Å². The van der Waals surface area contributed by atoms with Gasteiger partial charge in [-0.2, -0.15) is 0 Å². The number of amides is 1. The van der Waals surface area contributed by atoms with E-state index in [0.717, 1.165) is 22.1 Å². The van der Waals surface area contributed by atoms with Crippen LogP contribution in [0.25, 0.3) is 0 Å². The summed E-state index contributed by atoms with van der Waals surface area (Å²) in [7, 11) is 2.93. The second kappa shape index (κ2) is 5.48. The summed E-state index contributed by atoms with van der Waals surface area (Å²) in [5.74, 6) is 0.246. The van der Waals surface area contributed by atoms with E-state index in [2.05, 4.69) is 10.4 Å². The fourth-order valence-corrected chi connectivity index (χ4v) is 2.32. The molecule has 1 aliphatic heterocycles. The van der Waals surface area contributed by atoms with Crippen molar-refractivity contribution < 1.29 is 4.79 Å². The van der Waals surface area contributed by atoms with Crippen LogP contribution in [0.15, 0.2) is 9.59 Å². The number of anilines is 1. The van der Waals surface area contributed by atoms with Gasteiger partial charge in [-0.05, 0) is 12.8 Å². The molecule has 0 atom stereocenters. The van der Waals surface area contributed by atoms with Crippen molar-refractivity contribution in [2.75, 3.05) is 18.4 Å². The summed E-state index contributed by atoms with van der Waals surface area (Å²) in [6.45, 7) is 2.89. The normalized spacial score (nSPS) is 16.2. The summed E-state index contributed by atoms with van der Waals surface area (Å²) in [4.78, 5) is 36.5. The lowest BCUT2D eigenvalue weighted by Gasteiger charge is -2.31. The van der Waals surface area contributed by atoms with Crippen LogP contribution in [0, 0.1) is 0 Å². The average molecular weight is 281 g/mol. The highest BCUT2D eigenvalue weighted by atomic mass is 16.2. The Morgan fingerprint density at radius 1 is 1.25 bits per heavy atom. The Hall–Kier alpha value is -2.12. The molecule has 0 bridgehead atoms. The van der Waals surface area contributed by atoms with E-state index in [9.17, 15) is 14.4 Å². The maximum Gasteiger partial charge on any atom is 0.346 e. The van der Waals surface area contributed by atoms with Gasteiger partial charge in [0.15, 0.2) is 0 Å². The third kappa shape index (κ3) is 2.73. The molecule has 20 heavy (non-hydrogen) atoms. The highest BCUT2D eigenvalue weighted by Crippen LogP contribution is 2.13. The Balaban J connectivity index is 2.11. The lowest BCUT2D eigenvalue weighted by atomic mass is 10.1. The number of rotatable bonds is 2. The Morgan fingerprint density at radius 2 is 1.85 bits per heavy atom. The number of carbonyl (C=O) groups excluding carboxylic acids is 1. The summed E-state index contributed by atoms with van der Waals surface area (Å²) < 4.78 is 2.16. The van der Waals surface area contributed by atoms with E-state index in [1.807, 2.05) is 0 Å². The zero-order valence-corrected chi connectivity index (χ0v) is 11.9. The molecular formula is C12H19N5O3. The lowest BCUT2D eigenvalue weighted by molar-refractivity contribution is -0.129. The first-order chi connectivity index (χ1) is 9.40. The molecule has 1 aromatic heterocycles. The van der Waals surface area contributed by atoms with Gasteiger partial charge in [-0.15, -0.1) is 5.10 Å². The van der Waals surface area contributed by atoms with Gasteiger partial charge in [-0.1, -0.05) is 0 Å². The fraction of sp³-hybridized carbons (Fsp3) is 0.667. The quantitative estimate of drug-likeness (QED) is 0.743. The predicted octanol–water partition coefficient (Wildman–Crippen LogP) is -1.10. The zero-order valence-electron chi connectivity index (χ0n) is 11.9. The van der Waals surface area contributed by atoms with Crippen molar-refractivity contribution in [3.05, 3.63) is 20.8 Å². The molecule has 1 aliphatic rings. The maximum absolute atomic E-state index is 11.9. The molecule has 1 aromatic rings. The van der Waals surface area contributed by atoms with E-state index in [-0.39, 0.29) is 17.8 Å². The van der Waals surface area contributed by atoms with Gasteiger partial charge < -0.3 is 10.2 Å². The first-order valence-corrected chi connectivity index (χ1v) is 6.56. The zero-order chi connectivity index (χ0) is 14.9. The Bertz CT molecular complexity index is 625. The molecule has 1 saturated heterocycles. The highest BCUT2D eigenvalue weighted by molar-refractivity contribution is 5.73. The minimum Gasteiger partial charge on any atom is -0.361 e. The minimum atomic E-state index is -0.452. The van der Waals surface area contributed by atoms with Crippen LogP contribution < -0.4 is 16.6 Å². The van der Waals surface area contributed by atoms with Crippen molar-refractivity contribution >= 4 is 11.7 Å². The number of aromatic nitrogens is 3. The van der Waals surface area contributed by atoms with Crippen LogP contribution in [0.2, 0.25) is 0 Å². The smallest absolute Gasteiger partial charge is 0.346 e. The number of hydrogen-bond donors (Lipinski definition) is 1. The lowest BCUT2D eigenvalue weighted by Crippen LogP contribution is -2.44. The molecule has 1 N–H and O–H groups in total. The summed E-state index contributed by atoms with van der Waals surface area (Å²) in [6, 6.07) is 0.0864. The molecule has 8 heteroatoms. The molecule has 0 aliphatic carbocycles. The SMILES string of the molecule is CC(=O)N1CCC(Nc2nn(C)c(=O)n(C)c2=O)CC1. The molecular weight excluding hydrogens is 262 g/mol. The summed E-state index contributed by atoms with van der Waals surface area (Å²) in [6.07, 6.45) is 1.51. The second-order valence-electron chi connectivity index (χ2n) is 5.04. The molecule has 0 saturated carbocycles. The molecule has 1 fully saturated rings. The maximum atomic E-state index is 11.9. The third-order valence-electron chi connectivity index (χ3n) is 3.60. The summed E-state index contributed by atoms with van der Waals surface area (Å²) in [5.41, 5.74) is -0.881. The van der Waals surface area contributed by atoms with Crippen molar-refractivity contribution in [2.24, 2.45) is 14.1 Å². The van der Waals surface area contributed by atoms with Crippen molar-refractivity contribution in [1.29, 1.82) is 0 Å². The standard InChI is InChI=1S/C12H19N5O3/c1-8(18)17-6-4-9(5-7-17)13-10-11(19)15(2)12(20)16(3)14-10/h9H,4-7H2,1-3H3,(H,13,14). The van der Waals surface area contributed by atoms with Crippen LogP contribution in [0.5, 0.6) is 0 Å². The van der Waals surface area contributed by atoms with Crippen LogP contribution >= 0.6 is 0 Å². The van der Waals surface area contributed by atoms with E-state index in [1.54, 1.807) is 11.8 Å². The molecule has 0 aromatic carbocycles. The Morgan fingerprint density at radius 3 is 2.40 bits per heavy atom. The van der Waals surface area contributed by atoms with E-state index in [4.69, 9.17) is 0 Å². The number of nitrogens with zero attached hydrogens (tertiary/aromatic N) is 4. The van der Waals surface area contributed by atoms with Crippen LogP contribution in [-0.2, 0) is 18.9 Å². The molecule has 8 nitrogen and oxygen atoms in total. The van der Waals surface area contributed by atoms with Gasteiger partial charge in [0.05, 0.1) is 0 Å². The van der Waals surface area contributed by atoms with Gasteiger partial charge in [0, 0.05) is 40.2 Å². The highest BCUT2D eigenvalue weighted by Gasteiger charge is 2.22. The van der Waals surface area contributed by atoms with E-state index < -0.39 is 11.2 Å². The van der Waals surface area contributed by atoms with Crippen LogP contribution in [0.3, 0.4) is 0 Å². The number of hydrogen-bond acceptors (Lipinski definition) is 5. The first kappa shape index (κ1) is 14.3. The summed E-state index contributed by atoms with van der Waals surface area (Å²) in [5, 5.41) is 7.04. The number of aryl methyl sites for hydroxylation is 1. The molecule has 1 amide bonds. The molecule has 0 unspecified atom stereocenters. The van der Waals surface area contributed by atoms with Gasteiger partial charge in [0.1, 0.15) is 0 Å². The number of likely N-dealkylation sites (tertiary alicyclic amines) is 1. The van der Waals surface area contributed by atoms with Gasteiger partial charge in [0.2, 0.25) is 11.7 Å². The van der Waals surface area contributed by atoms with Gasteiger partial charge in [-0.25, -0.2) is 9.48 Å². The van der Waals surface area contributed by atoms with Crippen molar-refractivity contribution in [3.8, 4) is 0 Å². The largest absolute Gasteiger partial charge is 0.361 e. The molecule has 110 valence electrons. The molecule has 2 rings (SSSR count). The van der Waals surface area contributed by atoms with Crippen LogP contribution in [0.1, 0.15) is 19.8 Å². The average Bonchev–Trinajstić information content (AvgIpc) is 2.43. The van der Waals surface area contributed by atoms with E-state index >= 15 is 0 Å². The third-order valence-corrected chi connectivity index (χ3v) is 3.60. The van der Waals surface area contributed by atoms with Crippen molar-refractivity contribution in [1.82, 2.24) is 19.2 Å². The number of nitrogens with one attached hydrogen (secondary N) is 1. The van der Waals surface area contributed by atoms with Crippen molar-refractivity contribution in [2.45, 2.75) is 25.8 Å². The van der Waals surface area contributed by atoms with Crippen molar-refractivity contribution in [3.63, 3.8) is 0 Å². The van der Waals surface area contributed by atoms with Gasteiger partial charge in [0.25, 0.3) is 5.56 Å².